The molecule has 0 heteroatoms. The summed E-state index contributed by atoms with van der Waals surface area (Å²) in [4.78, 5) is 0. The molecule has 0 rings (SSSR count). The van der Waals surface area contributed by atoms with E-state index in [-0.39, 0.29) is 0 Å². The number of hydrogen-bond donors (Lipinski definition) is 0. The van der Waals surface area contributed by atoms with Crippen molar-refractivity contribution in [3.8, 4) is 0 Å². The molecule has 16 heavy (non-hydrogen) atoms. The molecule has 0 nitrogen and oxygen atoms in total. The van der Waals surface area contributed by atoms with Gasteiger partial charge in [-0.15, -0.1) is 0 Å². The zero-order valence-corrected chi connectivity index (χ0v) is 11.6. The molecule has 0 saturated carbocycles. The van der Waals surface area contributed by atoms with E-state index in [0.717, 1.165) is 12.3 Å². The Morgan fingerprint density at radius 1 is 1.12 bits per heavy atom. The minimum atomic E-state index is 0.711. The molecule has 0 N–H and O–H groups in total. The van der Waals surface area contributed by atoms with Gasteiger partial charge < -0.3 is 0 Å². The van der Waals surface area contributed by atoms with Gasteiger partial charge in [0.05, 0.1) is 0 Å². The van der Waals surface area contributed by atoms with E-state index in [1.54, 1.807) is 0 Å². The van der Waals surface area contributed by atoms with Gasteiger partial charge in [-0.1, -0.05) is 70.3 Å². The summed E-state index contributed by atoms with van der Waals surface area (Å²) >= 11 is 0. The van der Waals surface area contributed by atoms with Gasteiger partial charge >= 0.3 is 0 Å². The third kappa shape index (κ3) is 10.0. The highest BCUT2D eigenvalue weighted by Crippen LogP contribution is 2.17. The first kappa shape index (κ1) is 15.5. The molecular formula is C16H29. The lowest BCUT2D eigenvalue weighted by Crippen LogP contribution is -1.96. The molecule has 0 spiro atoms. The quantitative estimate of drug-likeness (QED) is 0.470. The molecule has 2 unspecified atom stereocenters. The Hall–Kier alpha value is -0.520. The molecule has 0 aliphatic heterocycles. The van der Waals surface area contributed by atoms with Crippen LogP contribution in [-0.4, -0.2) is 0 Å². The Balaban J connectivity index is 3.61. The van der Waals surface area contributed by atoms with Crippen LogP contribution in [0.4, 0.5) is 0 Å². The summed E-state index contributed by atoms with van der Waals surface area (Å²) < 4.78 is 0. The summed E-state index contributed by atoms with van der Waals surface area (Å²) in [6, 6.07) is 0. The first-order valence-electron chi connectivity index (χ1n) is 6.67. The van der Waals surface area contributed by atoms with E-state index < -0.39 is 0 Å². The smallest absolute Gasteiger partial charge is 0.0259 e. The Morgan fingerprint density at radius 3 is 2.38 bits per heavy atom. The Bertz CT molecular complexity index is 206. The van der Waals surface area contributed by atoms with Crippen LogP contribution < -0.4 is 0 Å². The molecule has 0 aliphatic rings. The summed E-state index contributed by atoms with van der Waals surface area (Å²) in [5, 5.41) is 0. The maximum atomic E-state index is 3.91. The molecular weight excluding hydrogens is 192 g/mol. The second-order valence-corrected chi connectivity index (χ2v) is 5.28. The molecule has 0 fully saturated rings. The molecule has 0 aromatic heterocycles. The van der Waals surface area contributed by atoms with Crippen LogP contribution in [0, 0.1) is 18.8 Å². The van der Waals surface area contributed by atoms with Crippen LogP contribution in [0.1, 0.15) is 59.8 Å². The molecule has 0 aliphatic carbocycles. The van der Waals surface area contributed by atoms with Crippen LogP contribution in [0.25, 0.3) is 0 Å². The molecule has 0 saturated heterocycles. The lowest BCUT2D eigenvalue weighted by molar-refractivity contribution is 0.450. The van der Waals surface area contributed by atoms with Gasteiger partial charge in [-0.05, 0) is 32.1 Å². The third-order valence-corrected chi connectivity index (χ3v) is 2.92. The van der Waals surface area contributed by atoms with Crippen LogP contribution in [-0.2, 0) is 0 Å². The number of rotatable bonds is 8. The minimum absolute atomic E-state index is 0.711. The Labute approximate surface area is 103 Å². The van der Waals surface area contributed by atoms with Crippen LogP contribution in [0.2, 0.25) is 0 Å². The SMILES string of the molecule is [CH2]CCC(C)CCCC(C)C=CC=C(C)C. The van der Waals surface area contributed by atoms with E-state index in [9.17, 15) is 0 Å². The lowest BCUT2D eigenvalue weighted by atomic mass is 9.95. The van der Waals surface area contributed by atoms with Crippen molar-refractivity contribution in [1.82, 2.24) is 0 Å². The molecule has 0 heterocycles. The van der Waals surface area contributed by atoms with E-state index in [0.29, 0.717) is 5.92 Å². The van der Waals surface area contributed by atoms with E-state index in [4.69, 9.17) is 0 Å². The Kier molecular flexibility index (Phi) is 9.37. The van der Waals surface area contributed by atoms with E-state index in [2.05, 4.69) is 52.8 Å². The number of hydrogen-bond acceptors (Lipinski definition) is 0. The monoisotopic (exact) mass is 221 g/mol. The third-order valence-electron chi connectivity index (χ3n) is 2.92. The first-order valence-corrected chi connectivity index (χ1v) is 6.67. The van der Waals surface area contributed by atoms with Gasteiger partial charge in [0.15, 0.2) is 0 Å². The summed E-state index contributed by atoms with van der Waals surface area (Å²) in [5.41, 5.74) is 1.37. The molecule has 0 amide bonds. The van der Waals surface area contributed by atoms with E-state index >= 15 is 0 Å². The highest BCUT2D eigenvalue weighted by Gasteiger charge is 2.02. The van der Waals surface area contributed by atoms with Crippen molar-refractivity contribution < 1.29 is 0 Å². The van der Waals surface area contributed by atoms with Crippen molar-refractivity contribution in [3.05, 3.63) is 30.7 Å². The van der Waals surface area contributed by atoms with Gasteiger partial charge in [-0.3, -0.25) is 0 Å². The van der Waals surface area contributed by atoms with Crippen molar-refractivity contribution in [3.63, 3.8) is 0 Å². The van der Waals surface area contributed by atoms with Crippen LogP contribution in [0.5, 0.6) is 0 Å². The molecule has 2 atom stereocenters. The van der Waals surface area contributed by atoms with Crippen molar-refractivity contribution in [2.45, 2.75) is 59.8 Å². The molecule has 1 radical (unpaired) electrons. The molecule has 93 valence electrons. The van der Waals surface area contributed by atoms with Crippen LogP contribution in [0.15, 0.2) is 23.8 Å². The van der Waals surface area contributed by atoms with E-state index in [1.165, 1.54) is 31.3 Å². The molecule has 0 aromatic carbocycles. The van der Waals surface area contributed by atoms with Crippen molar-refractivity contribution >= 4 is 0 Å². The average molecular weight is 221 g/mol. The van der Waals surface area contributed by atoms with Gasteiger partial charge in [0, 0.05) is 0 Å². The molecule has 0 aromatic rings. The van der Waals surface area contributed by atoms with Crippen LogP contribution >= 0.6 is 0 Å². The average Bonchev–Trinajstić information content (AvgIpc) is 2.17. The largest absolute Gasteiger partial charge is 0.0817 e. The van der Waals surface area contributed by atoms with Crippen LogP contribution in [0.3, 0.4) is 0 Å². The maximum absolute atomic E-state index is 3.91. The lowest BCUT2D eigenvalue weighted by Gasteiger charge is -2.11. The zero-order valence-electron chi connectivity index (χ0n) is 11.6. The van der Waals surface area contributed by atoms with Gasteiger partial charge in [-0.25, -0.2) is 0 Å². The van der Waals surface area contributed by atoms with Gasteiger partial charge in [-0.2, -0.15) is 0 Å². The second kappa shape index (κ2) is 9.69. The van der Waals surface area contributed by atoms with E-state index in [1.807, 2.05) is 0 Å². The fourth-order valence-electron chi connectivity index (χ4n) is 1.81. The summed E-state index contributed by atoms with van der Waals surface area (Å²) in [7, 11) is 0. The molecule has 0 bridgehead atoms. The Morgan fingerprint density at radius 2 is 1.81 bits per heavy atom. The topological polar surface area (TPSA) is 0 Å². The minimum Gasteiger partial charge on any atom is -0.0817 e. The maximum Gasteiger partial charge on any atom is -0.0259 e. The summed E-state index contributed by atoms with van der Waals surface area (Å²) in [6.07, 6.45) is 13.1. The normalized spacial score (nSPS) is 15.1. The fourth-order valence-corrected chi connectivity index (χ4v) is 1.81. The predicted octanol–water partition coefficient (Wildman–Crippen LogP) is 5.57. The van der Waals surface area contributed by atoms with Gasteiger partial charge in [0.25, 0.3) is 0 Å². The van der Waals surface area contributed by atoms with Gasteiger partial charge in [0.1, 0.15) is 0 Å². The van der Waals surface area contributed by atoms with Crippen molar-refractivity contribution in [2.75, 3.05) is 0 Å². The zero-order chi connectivity index (χ0) is 12.4. The fraction of sp³-hybridized carbons (Fsp3) is 0.688. The van der Waals surface area contributed by atoms with Crippen molar-refractivity contribution in [2.24, 2.45) is 11.8 Å². The summed E-state index contributed by atoms with van der Waals surface area (Å²) in [6.45, 7) is 12.8. The van der Waals surface area contributed by atoms with Gasteiger partial charge in [0.2, 0.25) is 0 Å². The first-order chi connectivity index (χ1) is 7.56. The standard InChI is InChI=1S/C16H29/c1-6-9-15(4)12-8-13-16(5)11-7-10-14(2)3/h7,10-11,15-16H,1,6,8-9,12-13H2,2-5H3. The summed E-state index contributed by atoms with van der Waals surface area (Å²) in [5.74, 6) is 1.56. The highest BCUT2D eigenvalue weighted by molar-refractivity contribution is 5.08. The highest BCUT2D eigenvalue weighted by atomic mass is 14.1. The van der Waals surface area contributed by atoms with Crippen molar-refractivity contribution in [1.29, 1.82) is 0 Å². The number of allylic oxidation sites excluding steroid dienone is 4. The second-order valence-electron chi connectivity index (χ2n) is 5.28. The predicted molar refractivity (Wildman–Crippen MR) is 75.3 cm³/mol.